The number of aromatic amines is 1. The van der Waals surface area contributed by atoms with Crippen LogP contribution in [0.4, 0.5) is 5.69 Å². The highest BCUT2D eigenvalue weighted by Gasteiger charge is 2.19. The zero-order chi connectivity index (χ0) is 11.9. The Bertz CT molecular complexity index is 577. The molecule has 0 aliphatic carbocycles. The molecule has 0 aliphatic heterocycles. The summed E-state index contributed by atoms with van der Waals surface area (Å²) in [4.78, 5) is 6.92. The SMILES string of the molecule is [C-]#[N+]c1ccc2[nH]c(C(C)(C)C)c(C)c2c1. The lowest BCUT2D eigenvalue weighted by Crippen LogP contribution is -2.12. The summed E-state index contributed by atoms with van der Waals surface area (Å²) in [5.41, 5.74) is 4.45. The minimum Gasteiger partial charge on any atom is -0.358 e. The largest absolute Gasteiger partial charge is 0.358 e. The van der Waals surface area contributed by atoms with Crippen molar-refractivity contribution < 1.29 is 0 Å². The first-order chi connectivity index (χ1) is 7.43. The van der Waals surface area contributed by atoms with Gasteiger partial charge in [0.05, 0.1) is 6.57 Å². The maximum absolute atomic E-state index is 7.03. The number of H-pyrrole nitrogens is 1. The molecule has 0 amide bonds. The summed E-state index contributed by atoms with van der Waals surface area (Å²) >= 11 is 0. The molecule has 1 N–H and O–H groups in total. The predicted molar refractivity (Wildman–Crippen MR) is 68.0 cm³/mol. The quantitative estimate of drug-likeness (QED) is 0.627. The molecule has 1 heterocycles. The third-order valence-electron chi connectivity index (χ3n) is 2.92. The van der Waals surface area contributed by atoms with Gasteiger partial charge in [0.1, 0.15) is 0 Å². The van der Waals surface area contributed by atoms with Gasteiger partial charge in [-0.15, -0.1) is 0 Å². The average molecular weight is 212 g/mol. The van der Waals surface area contributed by atoms with Crippen LogP contribution >= 0.6 is 0 Å². The molecule has 16 heavy (non-hydrogen) atoms. The van der Waals surface area contributed by atoms with Crippen molar-refractivity contribution in [2.75, 3.05) is 0 Å². The summed E-state index contributed by atoms with van der Waals surface area (Å²) in [5.74, 6) is 0. The molecule has 1 aromatic carbocycles. The van der Waals surface area contributed by atoms with E-state index in [0.717, 1.165) is 5.52 Å². The number of fused-ring (bicyclic) bond motifs is 1. The average Bonchev–Trinajstić information content (AvgIpc) is 2.55. The second-order valence-electron chi connectivity index (χ2n) is 5.22. The number of aryl methyl sites for hydroxylation is 1. The first-order valence-electron chi connectivity index (χ1n) is 5.44. The minimum absolute atomic E-state index is 0.112. The highest BCUT2D eigenvalue weighted by Crippen LogP contribution is 2.32. The van der Waals surface area contributed by atoms with Crippen LogP contribution in [0.3, 0.4) is 0 Å². The van der Waals surface area contributed by atoms with Crippen molar-refractivity contribution in [1.29, 1.82) is 0 Å². The van der Waals surface area contributed by atoms with Gasteiger partial charge in [-0.1, -0.05) is 26.8 Å². The van der Waals surface area contributed by atoms with Gasteiger partial charge in [0.25, 0.3) is 0 Å². The zero-order valence-corrected chi connectivity index (χ0v) is 10.2. The van der Waals surface area contributed by atoms with Crippen molar-refractivity contribution in [3.8, 4) is 0 Å². The molecule has 2 heteroatoms. The number of nitrogens with one attached hydrogen (secondary N) is 1. The van der Waals surface area contributed by atoms with Crippen LogP contribution in [0.1, 0.15) is 32.0 Å². The van der Waals surface area contributed by atoms with E-state index in [1.165, 1.54) is 16.6 Å². The standard InChI is InChI=1S/C14H16N2/c1-9-11-8-10(15-5)6-7-12(11)16-13(9)14(2,3)4/h6-8,16H,1-4H3. The summed E-state index contributed by atoms with van der Waals surface area (Å²) in [6, 6.07) is 5.81. The molecule has 0 saturated heterocycles. The zero-order valence-electron chi connectivity index (χ0n) is 10.2. The van der Waals surface area contributed by atoms with Gasteiger partial charge < -0.3 is 4.98 Å². The fourth-order valence-electron chi connectivity index (χ4n) is 2.13. The van der Waals surface area contributed by atoms with Crippen LogP contribution in [0, 0.1) is 13.5 Å². The Balaban J connectivity index is 2.75. The predicted octanol–water partition coefficient (Wildman–Crippen LogP) is 4.32. The second kappa shape index (κ2) is 3.38. The van der Waals surface area contributed by atoms with Crippen molar-refractivity contribution >= 4 is 16.6 Å². The smallest absolute Gasteiger partial charge is 0.187 e. The molecule has 1 aromatic heterocycles. The topological polar surface area (TPSA) is 20.1 Å². The van der Waals surface area contributed by atoms with Gasteiger partial charge in [0.15, 0.2) is 5.69 Å². The molecule has 82 valence electrons. The van der Waals surface area contributed by atoms with Crippen LogP contribution < -0.4 is 0 Å². The van der Waals surface area contributed by atoms with Crippen LogP contribution in [0.15, 0.2) is 18.2 Å². The van der Waals surface area contributed by atoms with Crippen LogP contribution in [-0.4, -0.2) is 4.98 Å². The van der Waals surface area contributed by atoms with Gasteiger partial charge in [0.2, 0.25) is 0 Å². The summed E-state index contributed by atoms with van der Waals surface area (Å²) < 4.78 is 0. The molecule has 0 aliphatic rings. The first kappa shape index (κ1) is 10.8. The number of nitrogens with zero attached hydrogens (tertiary/aromatic N) is 1. The first-order valence-corrected chi connectivity index (χ1v) is 5.44. The molecule has 0 spiro atoms. The third kappa shape index (κ3) is 1.59. The van der Waals surface area contributed by atoms with E-state index in [1.807, 2.05) is 18.2 Å². The van der Waals surface area contributed by atoms with Crippen molar-refractivity contribution in [3.05, 3.63) is 40.9 Å². The minimum atomic E-state index is 0.112. The van der Waals surface area contributed by atoms with Gasteiger partial charge in [-0.25, -0.2) is 4.85 Å². The van der Waals surface area contributed by atoms with E-state index in [4.69, 9.17) is 6.57 Å². The Morgan fingerprint density at radius 1 is 1.25 bits per heavy atom. The summed E-state index contributed by atoms with van der Waals surface area (Å²) in [5, 5.41) is 1.17. The van der Waals surface area contributed by atoms with E-state index in [0.29, 0.717) is 5.69 Å². The molecule has 0 unspecified atom stereocenters. The van der Waals surface area contributed by atoms with Crippen LogP contribution in [0.2, 0.25) is 0 Å². The molecule has 0 atom stereocenters. The molecule has 0 saturated carbocycles. The highest BCUT2D eigenvalue weighted by atomic mass is 14.7. The maximum Gasteiger partial charge on any atom is 0.187 e. The molecule has 2 nitrogen and oxygen atoms in total. The van der Waals surface area contributed by atoms with Gasteiger partial charge in [-0.05, 0) is 30.0 Å². The summed E-state index contributed by atoms with van der Waals surface area (Å²) in [7, 11) is 0. The molecular formula is C14H16N2. The van der Waals surface area contributed by atoms with E-state index in [1.54, 1.807) is 0 Å². The number of benzene rings is 1. The highest BCUT2D eigenvalue weighted by molar-refractivity contribution is 5.88. The maximum atomic E-state index is 7.03. The van der Waals surface area contributed by atoms with Gasteiger partial charge in [-0.2, -0.15) is 0 Å². The Labute approximate surface area is 96.1 Å². The van der Waals surface area contributed by atoms with E-state index in [-0.39, 0.29) is 5.41 Å². The second-order valence-corrected chi connectivity index (χ2v) is 5.22. The van der Waals surface area contributed by atoms with Crippen molar-refractivity contribution in [2.45, 2.75) is 33.1 Å². The summed E-state index contributed by atoms with van der Waals surface area (Å²) in [6.45, 7) is 15.7. The number of rotatable bonds is 0. The third-order valence-corrected chi connectivity index (χ3v) is 2.92. The van der Waals surface area contributed by atoms with Crippen LogP contribution in [-0.2, 0) is 5.41 Å². The monoisotopic (exact) mass is 212 g/mol. The number of aromatic nitrogens is 1. The lowest BCUT2D eigenvalue weighted by Gasteiger charge is -2.17. The fourth-order valence-corrected chi connectivity index (χ4v) is 2.13. The van der Waals surface area contributed by atoms with E-state index in [9.17, 15) is 0 Å². The Morgan fingerprint density at radius 2 is 1.94 bits per heavy atom. The Morgan fingerprint density at radius 3 is 2.50 bits per heavy atom. The fraction of sp³-hybridized carbons (Fsp3) is 0.357. The van der Waals surface area contributed by atoms with Crippen LogP contribution in [0.5, 0.6) is 0 Å². The molecule has 2 rings (SSSR count). The van der Waals surface area contributed by atoms with E-state index < -0.39 is 0 Å². The lowest BCUT2D eigenvalue weighted by atomic mass is 9.89. The van der Waals surface area contributed by atoms with E-state index in [2.05, 4.69) is 37.5 Å². The lowest BCUT2D eigenvalue weighted by molar-refractivity contribution is 0.570. The van der Waals surface area contributed by atoms with Crippen molar-refractivity contribution in [3.63, 3.8) is 0 Å². The van der Waals surface area contributed by atoms with E-state index >= 15 is 0 Å². The summed E-state index contributed by atoms with van der Waals surface area (Å²) in [6.07, 6.45) is 0. The molecular weight excluding hydrogens is 196 g/mol. The Kier molecular flexibility index (Phi) is 2.27. The Hall–Kier alpha value is -1.75. The van der Waals surface area contributed by atoms with Gasteiger partial charge >= 0.3 is 0 Å². The molecule has 2 aromatic rings. The van der Waals surface area contributed by atoms with Crippen molar-refractivity contribution in [1.82, 2.24) is 4.98 Å². The normalized spacial score (nSPS) is 11.7. The van der Waals surface area contributed by atoms with Crippen LogP contribution in [0.25, 0.3) is 15.7 Å². The molecule has 0 radical (unpaired) electrons. The van der Waals surface area contributed by atoms with Gasteiger partial charge in [0, 0.05) is 16.6 Å². The molecule has 0 fully saturated rings. The van der Waals surface area contributed by atoms with Crippen molar-refractivity contribution in [2.24, 2.45) is 0 Å². The van der Waals surface area contributed by atoms with Gasteiger partial charge in [-0.3, -0.25) is 0 Å². The molecule has 0 bridgehead atoms. The number of hydrogen-bond donors (Lipinski definition) is 1. The number of hydrogen-bond acceptors (Lipinski definition) is 0.